The van der Waals surface area contributed by atoms with Gasteiger partial charge in [0.1, 0.15) is 11.5 Å². The van der Waals surface area contributed by atoms with E-state index in [1.807, 2.05) is 12.1 Å². The van der Waals surface area contributed by atoms with E-state index in [9.17, 15) is 0 Å². The molecule has 1 aromatic carbocycles. The number of hydrogen-bond donors (Lipinski definition) is 1. The number of hydrogen-bond acceptors (Lipinski definition) is 3. The van der Waals surface area contributed by atoms with E-state index in [4.69, 9.17) is 9.47 Å². The van der Waals surface area contributed by atoms with Crippen molar-refractivity contribution >= 4 is 12.4 Å². The third-order valence-corrected chi connectivity index (χ3v) is 3.18. The summed E-state index contributed by atoms with van der Waals surface area (Å²) in [5, 5.41) is 2.36. The number of nitrogens with two attached hydrogens (primary N) is 1. The minimum atomic E-state index is 0. The van der Waals surface area contributed by atoms with Gasteiger partial charge in [0.25, 0.3) is 0 Å². The molecular formula is C13H22Cl2N2O2. The molecule has 0 bridgehead atoms. The van der Waals surface area contributed by atoms with Crippen molar-refractivity contribution in [2.45, 2.75) is 6.54 Å². The van der Waals surface area contributed by atoms with Crippen LogP contribution in [0.4, 0.5) is 0 Å². The lowest BCUT2D eigenvalue weighted by atomic mass is 10.1. The third kappa shape index (κ3) is 5.07. The molecule has 0 spiro atoms. The Morgan fingerprint density at radius 2 is 1.84 bits per heavy atom. The molecule has 1 saturated heterocycles. The Bertz CT molecular complexity index is 372. The summed E-state index contributed by atoms with van der Waals surface area (Å²) in [6.07, 6.45) is 0. The molecule has 6 heteroatoms. The van der Waals surface area contributed by atoms with Gasteiger partial charge < -0.3 is 27.2 Å². The van der Waals surface area contributed by atoms with Crippen LogP contribution >= 0.6 is 12.4 Å². The fourth-order valence-electron chi connectivity index (χ4n) is 2.21. The Morgan fingerprint density at radius 1 is 1.16 bits per heavy atom. The molecule has 0 radical (unpaired) electrons. The summed E-state index contributed by atoms with van der Waals surface area (Å²) in [4.78, 5) is 2.46. The van der Waals surface area contributed by atoms with Crippen LogP contribution in [0, 0.1) is 0 Å². The number of piperazine rings is 1. The zero-order valence-electron chi connectivity index (χ0n) is 11.4. The highest BCUT2D eigenvalue weighted by Crippen LogP contribution is 2.25. The lowest BCUT2D eigenvalue weighted by molar-refractivity contribution is -0.663. The highest BCUT2D eigenvalue weighted by Gasteiger charge is 2.15. The minimum absolute atomic E-state index is 0. The molecule has 0 amide bonds. The van der Waals surface area contributed by atoms with E-state index in [2.05, 4.69) is 16.3 Å². The Kier molecular flexibility index (Phi) is 8.93. The molecule has 4 nitrogen and oxygen atoms in total. The Balaban J connectivity index is 0.00000162. The van der Waals surface area contributed by atoms with Crippen LogP contribution < -0.4 is 27.2 Å². The van der Waals surface area contributed by atoms with E-state index in [0.717, 1.165) is 31.1 Å². The van der Waals surface area contributed by atoms with Crippen molar-refractivity contribution in [1.82, 2.24) is 4.90 Å². The van der Waals surface area contributed by atoms with Gasteiger partial charge in [-0.05, 0) is 18.2 Å². The third-order valence-electron chi connectivity index (χ3n) is 3.18. The normalized spacial score (nSPS) is 15.1. The number of rotatable bonds is 4. The predicted molar refractivity (Wildman–Crippen MR) is 73.7 cm³/mol. The van der Waals surface area contributed by atoms with Gasteiger partial charge in [-0.2, -0.15) is 0 Å². The molecule has 1 aromatic rings. The second-order valence-corrected chi connectivity index (χ2v) is 4.32. The predicted octanol–water partition coefficient (Wildman–Crippen LogP) is -2.49. The number of nitrogens with zero attached hydrogens (tertiary/aromatic N) is 1. The fraction of sp³-hybridized carbons (Fsp3) is 0.538. The quantitative estimate of drug-likeness (QED) is 0.669. The van der Waals surface area contributed by atoms with E-state index in [1.165, 1.54) is 18.7 Å². The molecule has 1 heterocycles. The summed E-state index contributed by atoms with van der Waals surface area (Å²) in [7, 11) is 3.41. The zero-order valence-corrected chi connectivity index (χ0v) is 13.0. The van der Waals surface area contributed by atoms with Crippen LogP contribution in [-0.4, -0.2) is 45.3 Å². The molecule has 1 aliphatic rings. The van der Waals surface area contributed by atoms with Crippen molar-refractivity contribution in [3.05, 3.63) is 23.8 Å². The van der Waals surface area contributed by atoms with Gasteiger partial charge in [0.2, 0.25) is 0 Å². The fourth-order valence-corrected chi connectivity index (χ4v) is 2.21. The largest absolute Gasteiger partial charge is 1.00 e. The number of halogens is 2. The van der Waals surface area contributed by atoms with E-state index >= 15 is 0 Å². The Labute approximate surface area is 127 Å². The molecule has 2 rings (SSSR count). The van der Waals surface area contributed by atoms with Gasteiger partial charge in [0.15, 0.2) is 0 Å². The molecule has 0 aliphatic carbocycles. The van der Waals surface area contributed by atoms with Gasteiger partial charge in [-0.25, -0.2) is 0 Å². The smallest absolute Gasteiger partial charge is 0.123 e. The van der Waals surface area contributed by atoms with Crippen molar-refractivity contribution in [1.29, 1.82) is 0 Å². The monoisotopic (exact) mass is 308 g/mol. The standard InChI is InChI=1S/C13H20N2O2.2ClH/c1-16-12-3-4-13(17-2)11(9-12)10-15-7-5-14-6-8-15;;/h3-4,9,14H,5-8,10H2,1-2H3;2*1H. The highest BCUT2D eigenvalue weighted by molar-refractivity contribution is 5.85. The first-order valence-electron chi connectivity index (χ1n) is 6.08. The molecule has 110 valence electrons. The highest BCUT2D eigenvalue weighted by atomic mass is 35.5. The first-order chi connectivity index (χ1) is 8.33. The van der Waals surface area contributed by atoms with Crippen LogP contribution in [0.3, 0.4) is 0 Å². The van der Waals surface area contributed by atoms with Crippen LogP contribution in [0.5, 0.6) is 11.5 Å². The maximum Gasteiger partial charge on any atom is 0.123 e. The molecule has 0 atom stereocenters. The maximum atomic E-state index is 5.40. The average Bonchev–Trinajstić information content (AvgIpc) is 2.40. The van der Waals surface area contributed by atoms with Crippen molar-refractivity contribution < 1.29 is 27.2 Å². The van der Waals surface area contributed by atoms with Crippen molar-refractivity contribution in [3.8, 4) is 11.5 Å². The van der Waals surface area contributed by atoms with Gasteiger partial charge in [-0.1, -0.05) is 0 Å². The minimum Gasteiger partial charge on any atom is -1.00 e. The van der Waals surface area contributed by atoms with Gasteiger partial charge >= 0.3 is 0 Å². The summed E-state index contributed by atoms with van der Waals surface area (Å²) in [5.41, 5.74) is 1.20. The summed E-state index contributed by atoms with van der Waals surface area (Å²) >= 11 is 0. The van der Waals surface area contributed by atoms with Gasteiger partial charge in [-0.15, -0.1) is 12.4 Å². The van der Waals surface area contributed by atoms with Gasteiger partial charge in [0, 0.05) is 25.2 Å². The van der Waals surface area contributed by atoms with Crippen LogP contribution in [0.2, 0.25) is 0 Å². The summed E-state index contributed by atoms with van der Waals surface area (Å²) in [6.45, 7) is 5.59. The molecule has 19 heavy (non-hydrogen) atoms. The second kappa shape index (κ2) is 9.26. The first-order valence-corrected chi connectivity index (χ1v) is 6.08. The molecular weight excluding hydrogens is 287 g/mol. The summed E-state index contributed by atoms with van der Waals surface area (Å²) < 4.78 is 10.7. The molecule has 0 saturated carbocycles. The number of quaternary nitrogens is 1. The lowest BCUT2D eigenvalue weighted by Crippen LogP contribution is -3.00. The number of ether oxygens (including phenoxy) is 2. The Hall–Kier alpha value is -0.680. The number of benzene rings is 1. The van der Waals surface area contributed by atoms with Crippen LogP contribution in [-0.2, 0) is 6.54 Å². The lowest BCUT2D eigenvalue weighted by Gasteiger charge is -2.25. The second-order valence-electron chi connectivity index (χ2n) is 4.32. The molecule has 2 N–H and O–H groups in total. The van der Waals surface area contributed by atoms with E-state index in [0.29, 0.717) is 0 Å². The molecule has 1 fully saturated rings. The zero-order chi connectivity index (χ0) is 12.1. The topological polar surface area (TPSA) is 38.3 Å². The van der Waals surface area contributed by atoms with Crippen molar-refractivity contribution in [3.63, 3.8) is 0 Å². The molecule has 1 aliphatic heterocycles. The van der Waals surface area contributed by atoms with Crippen molar-refractivity contribution in [2.75, 3.05) is 40.4 Å². The molecule has 0 aromatic heterocycles. The maximum absolute atomic E-state index is 5.40. The average molecular weight is 309 g/mol. The van der Waals surface area contributed by atoms with Crippen LogP contribution in [0.25, 0.3) is 0 Å². The summed E-state index contributed by atoms with van der Waals surface area (Å²) in [6, 6.07) is 5.98. The number of methoxy groups -OCH3 is 2. The van der Waals surface area contributed by atoms with Crippen molar-refractivity contribution in [2.24, 2.45) is 0 Å². The molecule has 0 unspecified atom stereocenters. The van der Waals surface area contributed by atoms with E-state index in [-0.39, 0.29) is 24.8 Å². The van der Waals surface area contributed by atoms with Gasteiger partial charge in [0.05, 0.1) is 27.3 Å². The van der Waals surface area contributed by atoms with E-state index < -0.39 is 0 Å². The first kappa shape index (κ1) is 18.3. The SMILES string of the molecule is COc1ccc(OC)c(CN2CC[NH2+]CC2)c1.Cl.[Cl-]. The summed E-state index contributed by atoms with van der Waals surface area (Å²) in [5.74, 6) is 1.84. The van der Waals surface area contributed by atoms with E-state index in [1.54, 1.807) is 14.2 Å². The van der Waals surface area contributed by atoms with Crippen LogP contribution in [0.1, 0.15) is 5.56 Å². The van der Waals surface area contributed by atoms with Gasteiger partial charge in [-0.3, -0.25) is 4.90 Å². The van der Waals surface area contributed by atoms with Crippen LogP contribution in [0.15, 0.2) is 18.2 Å². The Morgan fingerprint density at radius 3 is 2.42 bits per heavy atom.